The largest absolute Gasteiger partial charge is 0.409 e. The molecule has 0 aliphatic carbocycles. The highest BCUT2D eigenvalue weighted by atomic mass is 32.2. The fourth-order valence-electron chi connectivity index (χ4n) is 1.37. The predicted molar refractivity (Wildman–Crippen MR) is 68.3 cm³/mol. The van der Waals surface area contributed by atoms with Crippen molar-refractivity contribution in [1.82, 2.24) is 9.97 Å². The number of imidazole rings is 1. The molecule has 0 aliphatic rings. The molecule has 1 heterocycles. The van der Waals surface area contributed by atoms with Crippen molar-refractivity contribution in [3.8, 4) is 0 Å². The number of nitrogens with two attached hydrogens (primary N) is 1. The predicted octanol–water partition coefficient (Wildman–Crippen LogP) is 0.305. The van der Waals surface area contributed by atoms with Crippen LogP contribution in [0.2, 0.25) is 0 Å². The van der Waals surface area contributed by atoms with Crippen molar-refractivity contribution in [3.63, 3.8) is 0 Å². The van der Waals surface area contributed by atoms with Crippen LogP contribution in [0.3, 0.4) is 0 Å². The molecule has 0 bridgehead atoms. The number of sulfonamides is 1. The number of H-pyrrole nitrogens is 1. The van der Waals surface area contributed by atoms with E-state index in [1.54, 1.807) is 0 Å². The van der Waals surface area contributed by atoms with Gasteiger partial charge in [0.25, 0.3) is 10.0 Å². The third kappa shape index (κ3) is 2.83. The van der Waals surface area contributed by atoms with E-state index in [1.807, 2.05) is 0 Å². The molecule has 8 nitrogen and oxygen atoms in total. The zero-order valence-corrected chi connectivity index (χ0v) is 10.4. The van der Waals surface area contributed by atoms with Gasteiger partial charge in [-0.2, -0.15) is 8.42 Å². The van der Waals surface area contributed by atoms with E-state index in [0.29, 0.717) is 11.3 Å². The van der Waals surface area contributed by atoms with E-state index in [2.05, 4.69) is 19.8 Å². The molecule has 0 aliphatic heterocycles. The highest BCUT2D eigenvalue weighted by molar-refractivity contribution is 7.92. The molecule has 0 atom stereocenters. The van der Waals surface area contributed by atoms with Gasteiger partial charge >= 0.3 is 0 Å². The first-order chi connectivity index (χ1) is 9.03. The molecule has 0 fully saturated rings. The van der Waals surface area contributed by atoms with E-state index in [4.69, 9.17) is 10.9 Å². The molecule has 1 aromatic heterocycles. The number of rotatable bonds is 4. The van der Waals surface area contributed by atoms with Gasteiger partial charge in [0.05, 0.1) is 12.5 Å². The van der Waals surface area contributed by atoms with Gasteiger partial charge in [-0.1, -0.05) is 5.16 Å². The van der Waals surface area contributed by atoms with Gasteiger partial charge in [-0.05, 0) is 24.3 Å². The van der Waals surface area contributed by atoms with Crippen molar-refractivity contribution in [2.45, 2.75) is 5.03 Å². The van der Waals surface area contributed by atoms with Crippen LogP contribution in [0.25, 0.3) is 0 Å². The van der Waals surface area contributed by atoms with Gasteiger partial charge < -0.3 is 15.9 Å². The van der Waals surface area contributed by atoms with Gasteiger partial charge in [0.15, 0.2) is 10.9 Å². The van der Waals surface area contributed by atoms with Crippen LogP contribution in [-0.4, -0.2) is 29.4 Å². The van der Waals surface area contributed by atoms with Crippen LogP contribution in [0, 0.1) is 0 Å². The summed E-state index contributed by atoms with van der Waals surface area (Å²) in [5, 5.41) is 11.3. The Balaban J connectivity index is 2.21. The van der Waals surface area contributed by atoms with Crippen molar-refractivity contribution in [3.05, 3.63) is 42.4 Å². The zero-order valence-electron chi connectivity index (χ0n) is 9.61. The normalized spacial score (nSPS) is 12.3. The van der Waals surface area contributed by atoms with Crippen LogP contribution < -0.4 is 10.5 Å². The lowest BCUT2D eigenvalue weighted by Crippen LogP contribution is -2.15. The molecule has 0 spiro atoms. The molecule has 2 rings (SSSR count). The molecule has 2 aromatic rings. The topological polar surface area (TPSA) is 133 Å². The lowest BCUT2D eigenvalue weighted by atomic mass is 10.2. The van der Waals surface area contributed by atoms with Crippen LogP contribution in [0.1, 0.15) is 5.56 Å². The van der Waals surface area contributed by atoms with Crippen LogP contribution in [-0.2, 0) is 10.0 Å². The van der Waals surface area contributed by atoms with Crippen molar-refractivity contribution >= 4 is 21.5 Å². The number of amidine groups is 1. The van der Waals surface area contributed by atoms with Gasteiger partial charge in [-0.15, -0.1) is 0 Å². The number of oxime groups is 1. The summed E-state index contributed by atoms with van der Waals surface area (Å²) in [5.74, 6) is -0.0528. The Hall–Kier alpha value is -2.55. The zero-order chi connectivity index (χ0) is 13.9. The second kappa shape index (κ2) is 4.98. The number of benzene rings is 1. The second-order valence-electron chi connectivity index (χ2n) is 3.58. The molecular formula is C10H11N5O3S. The Labute approximate surface area is 109 Å². The maximum Gasteiger partial charge on any atom is 0.278 e. The number of hydrogen-bond donors (Lipinski definition) is 4. The Kier molecular flexibility index (Phi) is 3.38. The van der Waals surface area contributed by atoms with Crippen LogP contribution >= 0.6 is 0 Å². The maximum absolute atomic E-state index is 11.9. The first-order valence-electron chi connectivity index (χ1n) is 5.12. The van der Waals surface area contributed by atoms with E-state index >= 15 is 0 Å². The van der Waals surface area contributed by atoms with Crippen molar-refractivity contribution in [1.29, 1.82) is 0 Å². The summed E-state index contributed by atoms with van der Waals surface area (Å²) >= 11 is 0. The van der Waals surface area contributed by atoms with Crippen LogP contribution in [0.4, 0.5) is 5.69 Å². The third-order valence-corrected chi connectivity index (χ3v) is 3.61. The highest BCUT2D eigenvalue weighted by Crippen LogP contribution is 2.14. The van der Waals surface area contributed by atoms with E-state index in [1.165, 1.54) is 36.8 Å². The average Bonchev–Trinajstić information content (AvgIpc) is 2.93. The van der Waals surface area contributed by atoms with Gasteiger partial charge in [-0.3, -0.25) is 4.72 Å². The van der Waals surface area contributed by atoms with Crippen molar-refractivity contribution < 1.29 is 13.6 Å². The minimum atomic E-state index is -3.69. The monoisotopic (exact) mass is 281 g/mol. The number of aromatic amines is 1. The minimum absolute atomic E-state index is 0.0342. The summed E-state index contributed by atoms with van der Waals surface area (Å²) in [6, 6.07) is 6.06. The van der Waals surface area contributed by atoms with Gasteiger partial charge in [0.2, 0.25) is 0 Å². The average molecular weight is 281 g/mol. The third-order valence-electron chi connectivity index (χ3n) is 2.30. The van der Waals surface area contributed by atoms with E-state index in [0.717, 1.165) is 0 Å². The summed E-state index contributed by atoms with van der Waals surface area (Å²) in [7, 11) is -3.69. The molecule has 0 radical (unpaired) electrons. The lowest BCUT2D eigenvalue weighted by Gasteiger charge is -2.06. The standard InChI is InChI=1S/C10H11N5O3S/c11-10(14-16)7-1-3-8(4-2-7)15-19(17,18)9-5-12-6-13-9/h1-6,15-16H,(H2,11,14)(H,12,13). The Morgan fingerprint density at radius 2 is 2.05 bits per heavy atom. The fraction of sp³-hybridized carbons (Fsp3) is 0. The molecule has 0 amide bonds. The highest BCUT2D eigenvalue weighted by Gasteiger charge is 2.15. The quantitative estimate of drug-likeness (QED) is 0.277. The molecule has 9 heteroatoms. The maximum atomic E-state index is 11.9. The number of nitrogens with one attached hydrogen (secondary N) is 2. The lowest BCUT2D eigenvalue weighted by molar-refractivity contribution is 0.318. The Morgan fingerprint density at radius 1 is 1.37 bits per heavy atom. The van der Waals surface area contributed by atoms with Crippen LogP contribution in [0.5, 0.6) is 0 Å². The first kappa shape index (κ1) is 12.9. The summed E-state index contributed by atoms with van der Waals surface area (Å²) in [6.07, 6.45) is 2.48. The first-order valence-corrected chi connectivity index (χ1v) is 6.60. The number of nitrogens with zero attached hydrogens (tertiary/aromatic N) is 2. The van der Waals surface area contributed by atoms with E-state index < -0.39 is 10.0 Å². The smallest absolute Gasteiger partial charge is 0.278 e. The Morgan fingerprint density at radius 3 is 2.58 bits per heavy atom. The SMILES string of the molecule is NC(=NO)c1ccc(NS(=O)(=O)c2cnc[nH]2)cc1. The molecule has 19 heavy (non-hydrogen) atoms. The molecule has 0 saturated heterocycles. The van der Waals surface area contributed by atoms with Crippen molar-refractivity contribution in [2.24, 2.45) is 10.9 Å². The molecule has 5 N–H and O–H groups in total. The minimum Gasteiger partial charge on any atom is -0.409 e. The van der Waals surface area contributed by atoms with E-state index in [-0.39, 0.29) is 10.9 Å². The van der Waals surface area contributed by atoms with Gasteiger partial charge in [0, 0.05) is 11.3 Å². The molecule has 0 unspecified atom stereocenters. The summed E-state index contributed by atoms with van der Waals surface area (Å²) in [5.41, 5.74) is 6.23. The van der Waals surface area contributed by atoms with Crippen molar-refractivity contribution in [2.75, 3.05) is 4.72 Å². The van der Waals surface area contributed by atoms with Crippen LogP contribution in [0.15, 0.2) is 47.0 Å². The number of aromatic nitrogens is 2. The summed E-state index contributed by atoms with van der Waals surface area (Å²) in [4.78, 5) is 6.15. The summed E-state index contributed by atoms with van der Waals surface area (Å²) < 4.78 is 26.1. The number of anilines is 1. The van der Waals surface area contributed by atoms with Gasteiger partial charge in [-0.25, -0.2) is 4.98 Å². The second-order valence-corrected chi connectivity index (χ2v) is 5.23. The van der Waals surface area contributed by atoms with Gasteiger partial charge in [0.1, 0.15) is 0 Å². The summed E-state index contributed by atoms with van der Waals surface area (Å²) in [6.45, 7) is 0. The fourth-order valence-corrected chi connectivity index (χ4v) is 2.33. The molecule has 100 valence electrons. The van der Waals surface area contributed by atoms with E-state index in [9.17, 15) is 8.42 Å². The molecule has 0 saturated carbocycles. The molecule has 1 aromatic carbocycles. The number of hydrogen-bond acceptors (Lipinski definition) is 5. The molecular weight excluding hydrogens is 270 g/mol. The Bertz CT molecular complexity index is 676.